The Kier molecular flexibility index (Phi) is 7.82. The number of rotatable bonds is 4. The van der Waals surface area contributed by atoms with Crippen LogP contribution in [0.3, 0.4) is 0 Å². The first-order chi connectivity index (χ1) is 9.66. The molecule has 3 amide bonds. The molecule has 1 saturated heterocycles. The SMILES string of the molecule is CN(C(=O)CNC(=O)NC1CCCCC1)C1CCNC1.Cl. The lowest BCUT2D eigenvalue weighted by atomic mass is 9.96. The van der Waals surface area contributed by atoms with E-state index in [1.54, 1.807) is 11.9 Å². The van der Waals surface area contributed by atoms with Crippen LogP contribution in [0.15, 0.2) is 0 Å². The molecular weight excluding hydrogens is 292 g/mol. The average molecular weight is 319 g/mol. The number of nitrogens with zero attached hydrogens (tertiary/aromatic N) is 1. The lowest BCUT2D eigenvalue weighted by Gasteiger charge is -2.25. The second-order valence-electron chi connectivity index (χ2n) is 5.81. The van der Waals surface area contributed by atoms with Gasteiger partial charge >= 0.3 is 6.03 Å². The highest BCUT2D eigenvalue weighted by atomic mass is 35.5. The number of halogens is 1. The average Bonchev–Trinajstić information content (AvgIpc) is 2.99. The molecule has 1 saturated carbocycles. The molecule has 0 aromatic rings. The predicted molar refractivity (Wildman–Crippen MR) is 84.7 cm³/mol. The molecule has 1 atom stereocenters. The van der Waals surface area contributed by atoms with E-state index < -0.39 is 0 Å². The molecule has 3 N–H and O–H groups in total. The second kappa shape index (κ2) is 9.10. The molecule has 1 unspecified atom stereocenters. The van der Waals surface area contributed by atoms with Crippen LogP contribution < -0.4 is 16.0 Å². The summed E-state index contributed by atoms with van der Waals surface area (Å²) in [6.45, 7) is 1.87. The molecule has 1 aliphatic heterocycles. The predicted octanol–water partition coefficient (Wildman–Crippen LogP) is 0.860. The summed E-state index contributed by atoms with van der Waals surface area (Å²) in [6.07, 6.45) is 6.71. The third-order valence-electron chi connectivity index (χ3n) is 4.32. The Morgan fingerprint density at radius 2 is 1.90 bits per heavy atom. The fraction of sp³-hybridized carbons (Fsp3) is 0.857. The highest BCUT2D eigenvalue weighted by Crippen LogP contribution is 2.17. The highest BCUT2D eigenvalue weighted by Gasteiger charge is 2.23. The van der Waals surface area contributed by atoms with Crippen molar-refractivity contribution in [2.75, 3.05) is 26.7 Å². The number of urea groups is 1. The van der Waals surface area contributed by atoms with Crippen LogP contribution in [0.25, 0.3) is 0 Å². The standard InChI is InChI=1S/C14H26N4O2.ClH/c1-18(12-7-8-15-9-12)13(19)10-16-14(20)17-11-5-3-2-4-6-11;/h11-12,15H,2-10H2,1H3,(H2,16,17,20);1H. The first-order valence-corrected chi connectivity index (χ1v) is 7.67. The van der Waals surface area contributed by atoms with Gasteiger partial charge in [-0.25, -0.2) is 4.79 Å². The van der Waals surface area contributed by atoms with Gasteiger partial charge in [0.15, 0.2) is 0 Å². The molecular formula is C14H27ClN4O2. The largest absolute Gasteiger partial charge is 0.340 e. The normalized spacial score (nSPS) is 22.2. The van der Waals surface area contributed by atoms with Gasteiger partial charge < -0.3 is 20.9 Å². The maximum atomic E-state index is 12.0. The molecule has 1 heterocycles. The molecule has 7 heteroatoms. The van der Waals surface area contributed by atoms with Crippen molar-refractivity contribution in [1.82, 2.24) is 20.9 Å². The van der Waals surface area contributed by atoms with E-state index in [2.05, 4.69) is 16.0 Å². The third kappa shape index (κ3) is 5.71. The van der Waals surface area contributed by atoms with Crippen molar-refractivity contribution in [3.05, 3.63) is 0 Å². The van der Waals surface area contributed by atoms with Gasteiger partial charge in [-0.05, 0) is 25.8 Å². The molecule has 122 valence electrons. The zero-order valence-corrected chi connectivity index (χ0v) is 13.5. The number of nitrogens with one attached hydrogen (secondary N) is 3. The smallest absolute Gasteiger partial charge is 0.315 e. The summed E-state index contributed by atoms with van der Waals surface area (Å²) in [4.78, 5) is 25.5. The minimum atomic E-state index is -0.219. The summed E-state index contributed by atoms with van der Waals surface area (Å²) >= 11 is 0. The van der Waals surface area contributed by atoms with E-state index >= 15 is 0 Å². The zero-order chi connectivity index (χ0) is 14.4. The van der Waals surface area contributed by atoms with Crippen molar-refractivity contribution in [2.24, 2.45) is 0 Å². The van der Waals surface area contributed by atoms with Crippen LogP contribution in [0.2, 0.25) is 0 Å². The van der Waals surface area contributed by atoms with Gasteiger partial charge in [0.25, 0.3) is 0 Å². The Morgan fingerprint density at radius 1 is 1.19 bits per heavy atom. The lowest BCUT2D eigenvalue weighted by molar-refractivity contribution is -0.130. The van der Waals surface area contributed by atoms with Crippen LogP contribution in [-0.4, -0.2) is 55.6 Å². The molecule has 1 aliphatic carbocycles. The lowest BCUT2D eigenvalue weighted by Crippen LogP contribution is -2.48. The molecule has 0 aromatic heterocycles. The molecule has 0 radical (unpaired) electrons. The fourth-order valence-electron chi connectivity index (χ4n) is 2.94. The molecule has 0 bridgehead atoms. The van der Waals surface area contributed by atoms with Crippen LogP contribution >= 0.6 is 12.4 Å². The van der Waals surface area contributed by atoms with Crippen molar-refractivity contribution in [3.63, 3.8) is 0 Å². The number of likely N-dealkylation sites (N-methyl/N-ethyl adjacent to an activating group) is 1. The van der Waals surface area contributed by atoms with Gasteiger partial charge in [0.05, 0.1) is 6.54 Å². The van der Waals surface area contributed by atoms with Crippen molar-refractivity contribution >= 4 is 24.3 Å². The van der Waals surface area contributed by atoms with Gasteiger partial charge in [0.1, 0.15) is 0 Å². The van der Waals surface area contributed by atoms with Crippen LogP contribution in [0, 0.1) is 0 Å². The van der Waals surface area contributed by atoms with E-state index in [1.807, 2.05) is 0 Å². The minimum absolute atomic E-state index is 0. The first kappa shape index (κ1) is 18.0. The van der Waals surface area contributed by atoms with Crippen LogP contribution in [-0.2, 0) is 4.79 Å². The summed E-state index contributed by atoms with van der Waals surface area (Å²) < 4.78 is 0. The van der Waals surface area contributed by atoms with Gasteiger partial charge in [-0.3, -0.25) is 4.79 Å². The van der Waals surface area contributed by atoms with Gasteiger partial charge in [0.2, 0.25) is 5.91 Å². The zero-order valence-electron chi connectivity index (χ0n) is 12.7. The van der Waals surface area contributed by atoms with E-state index in [0.29, 0.717) is 0 Å². The molecule has 2 aliphatic rings. The third-order valence-corrected chi connectivity index (χ3v) is 4.32. The molecule has 21 heavy (non-hydrogen) atoms. The molecule has 0 aromatic carbocycles. The van der Waals surface area contributed by atoms with Gasteiger partial charge in [-0.2, -0.15) is 0 Å². The molecule has 0 spiro atoms. The maximum absolute atomic E-state index is 12.0. The van der Waals surface area contributed by atoms with E-state index in [0.717, 1.165) is 32.4 Å². The van der Waals surface area contributed by atoms with Crippen molar-refractivity contribution in [2.45, 2.75) is 50.6 Å². The van der Waals surface area contributed by atoms with E-state index in [9.17, 15) is 9.59 Å². The van der Waals surface area contributed by atoms with Crippen LogP contribution in [0.5, 0.6) is 0 Å². The van der Waals surface area contributed by atoms with E-state index in [1.165, 1.54) is 19.3 Å². The fourth-order valence-corrected chi connectivity index (χ4v) is 2.94. The van der Waals surface area contributed by atoms with Gasteiger partial charge in [0, 0.05) is 25.7 Å². The number of carbonyl (C=O) groups is 2. The molecule has 2 fully saturated rings. The Labute approximate surface area is 132 Å². The Morgan fingerprint density at radius 3 is 2.52 bits per heavy atom. The monoisotopic (exact) mass is 318 g/mol. The van der Waals surface area contributed by atoms with E-state index in [-0.39, 0.29) is 43.0 Å². The maximum Gasteiger partial charge on any atom is 0.315 e. The highest BCUT2D eigenvalue weighted by molar-refractivity contribution is 5.85. The summed E-state index contributed by atoms with van der Waals surface area (Å²) in [5, 5.41) is 8.86. The molecule has 2 rings (SSSR count). The van der Waals surface area contributed by atoms with Crippen LogP contribution in [0.1, 0.15) is 38.5 Å². The topological polar surface area (TPSA) is 73.5 Å². The second-order valence-corrected chi connectivity index (χ2v) is 5.81. The first-order valence-electron chi connectivity index (χ1n) is 7.67. The van der Waals surface area contributed by atoms with E-state index in [4.69, 9.17) is 0 Å². The Balaban J connectivity index is 0.00000220. The molecule has 6 nitrogen and oxygen atoms in total. The quantitative estimate of drug-likeness (QED) is 0.720. The van der Waals surface area contributed by atoms with Crippen molar-refractivity contribution < 1.29 is 9.59 Å². The summed E-state index contributed by atoms with van der Waals surface area (Å²) in [7, 11) is 1.81. The number of carbonyl (C=O) groups excluding carboxylic acids is 2. The summed E-state index contributed by atoms with van der Waals surface area (Å²) in [5.74, 6) is -0.0301. The van der Waals surface area contributed by atoms with Crippen molar-refractivity contribution in [3.8, 4) is 0 Å². The number of hydrogen-bond donors (Lipinski definition) is 3. The van der Waals surface area contributed by atoms with Gasteiger partial charge in [-0.1, -0.05) is 19.3 Å². The van der Waals surface area contributed by atoms with Crippen molar-refractivity contribution in [1.29, 1.82) is 0 Å². The van der Waals surface area contributed by atoms with Crippen LogP contribution in [0.4, 0.5) is 4.79 Å². The van der Waals surface area contributed by atoms with Gasteiger partial charge in [-0.15, -0.1) is 12.4 Å². The Hall–Kier alpha value is -1.01. The Bertz CT molecular complexity index is 342. The summed E-state index contributed by atoms with van der Waals surface area (Å²) in [5.41, 5.74) is 0. The number of amides is 3. The number of hydrogen-bond acceptors (Lipinski definition) is 3. The minimum Gasteiger partial charge on any atom is -0.340 e. The summed E-state index contributed by atoms with van der Waals surface area (Å²) in [6, 6.07) is 0.310.